The number of fused-ring (bicyclic) bond motifs is 1. The lowest BCUT2D eigenvalue weighted by atomic mass is 9.96. The summed E-state index contributed by atoms with van der Waals surface area (Å²) in [6.07, 6.45) is 1.93. The van der Waals surface area contributed by atoms with Crippen LogP contribution in [0.2, 0.25) is 0 Å². The van der Waals surface area contributed by atoms with Gasteiger partial charge in [-0.15, -0.1) is 0 Å². The zero-order valence-corrected chi connectivity index (χ0v) is 15.8. The largest absolute Gasteiger partial charge is 0.483 e. The molecule has 0 bridgehead atoms. The number of esters is 1. The molecule has 0 aliphatic carbocycles. The van der Waals surface area contributed by atoms with Crippen LogP contribution >= 0.6 is 0 Å². The summed E-state index contributed by atoms with van der Waals surface area (Å²) in [4.78, 5) is 27.4. The second-order valence-corrected chi connectivity index (χ2v) is 7.22. The van der Waals surface area contributed by atoms with Gasteiger partial charge in [-0.25, -0.2) is 0 Å². The van der Waals surface area contributed by atoms with Crippen molar-refractivity contribution >= 4 is 17.6 Å². The lowest BCUT2D eigenvalue weighted by Crippen LogP contribution is -2.51. The molecule has 1 amide bonds. The van der Waals surface area contributed by atoms with Crippen molar-refractivity contribution in [3.05, 3.63) is 35.4 Å². The molecular weight excluding hydrogens is 346 g/mol. The molecule has 0 saturated carbocycles. The van der Waals surface area contributed by atoms with Crippen molar-refractivity contribution in [2.45, 2.75) is 26.4 Å². The van der Waals surface area contributed by atoms with Crippen molar-refractivity contribution in [3.8, 4) is 11.8 Å². The number of nitriles is 1. The molecule has 1 aromatic carbocycles. The number of amides is 1. The van der Waals surface area contributed by atoms with Gasteiger partial charge in [-0.2, -0.15) is 5.26 Å². The van der Waals surface area contributed by atoms with Crippen LogP contribution in [0.3, 0.4) is 0 Å². The molecule has 27 heavy (non-hydrogen) atoms. The fraction of sp³-hybridized carbons (Fsp3) is 0.450. The summed E-state index contributed by atoms with van der Waals surface area (Å²) in [6, 6.07) is 7.39. The van der Waals surface area contributed by atoms with Crippen molar-refractivity contribution in [3.63, 3.8) is 0 Å². The number of rotatable bonds is 4. The van der Waals surface area contributed by atoms with Gasteiger partial charge in [-0.3, -0.25) is 14.5 Å². The number of piperazine rings is 1. The van der Waals surface area contributed by atoms with Crippen LogP contribution in [0.5, 0.6) is 5.75 Å². The fourth-order valence-electron chi connectivity index (χ4n) is 3.32. The van der Waals surface area contributed by atoms with E-state index in [1.807, 2.05) is 24.8 Å². The molecule has 2 heterocycles. The Kier molecular flexibility index (Phi) is 5.19. The monoisotopic (exact) mass is 369 g/mol. The highest BCUT2D eigenvalue weighted by Gasteiger charge is 2.34. The highest BCUT2D eigenvalue weighted by molar-refractivity contribution is 5.90. The predicted octanol–water partition coefficient (Wildman–Crippen LogP) is 1.78. The molecule has 1 aromatic rings. The molecular formula is C20H23N3O4. The van der Waals surface area contributed by atoms with E-state index in [1.165, 1.54) is 6.92 Å². The maximum atomic E-state index is 12.8. The number of benzene rings is 1. The zero-order valence-electron chi connectivity index (χ0n) is 15.8. The van der Waals surface area contributed by atoms with Crippen molar-refractivity contribution in [1.29, 1.82) is 5.26 Å². The smallest absolute Gasteiger partial charge is 0.302 e. The van der Waals surface area contributed by atoms with Gasteiger partial charge in [0.05, 0.1) is 23.9 Å². The van der Waals surface area contributed by atoms with Gasteiger partial charge in [0.15, 0.2) is 0 Å². The Bertz CT molecular complexity index is 838. The van der Waals surface area contributed by atoms with Crippen LogP contribution in [0.4, 0.5) is 0 Å². The van der Waals surface area contributed by atoms with Crippen LogP contribution in [0.15, 0.2) is 24.3 Å². The van der Waals surface area contributed by atoms with E-state index in [9.17, 15) is 14.9 Å². The minimum Gasteiger partial charge on any atom is -0.483 e. The molecule has 0 radical (unpaired) electrons. The van der Waals surface area contributed by atoms with Crippen molar-refractivity contribution < 1.29 is 19.1 Å². The summed E-state index contributed by atoms with van der Waals surface area (Å²) < 4.78 is 10.9. The van der Waals surface area contributed by atoms with E-state index >= 15 is 0 Å². The summed E-state index contributed by atoms with van der Waals surface area (Å²) in [5, 5.41) is 9.21. The number of carbonyl (C=O) groups excluding carboxylic acids is 2. The molecule has 142 valence electrons. The molecule has 2 aliphatic heterocycles. The molecule has 1 saturated heterocycles. The Balaban J connectivity index is 1.80. The SMILES string of the molecule is CC(=O)OCCN1CCN(C2=CC(C)(C)Oc3ccc(C#N)cc32)C(=O)C1. The minimum absolute atomic E-state index is 0.0265. The van der Waals surface area contributed by atoms with E-state index < -0.39 is 5.60 Å². The Morgan fingerprint density at radius 3 is 2.81 bits per heavy atom. The van der Waals surface area contributed by atoms with E-state index in [-0.39, 0.29) is 25.0 Å². The first-order chi connectivity index (χ1) is 12.8. The summed E-state index contributed by atoms with van der Waals surface area (Å²) in [6.45, 7) is 7.52. The average molecular weight is 369 g/mol. The van der Waals surface area contributed by atoms with Gasteiger partial charge >= 0.3 is 5.97 Å². The third-order valence-electron chi connectivity index (χ3n) is 4.55. The van der Waals surface area contributed by atoms with Crippen LogP contribution in [0.1, 0.15) is 31.9 Å². The van der Waals surface area contributed by atoms with Gasteiger partial charge in [0, 0.05) is 32.1 Å². The van der Waals surface area contributed by atoms with Crippen LogP contribution < -0.4 is 4.74 Å². The molecule has 1 fully saturated rings. The minimum atomic E-state index is -0.552. The van der Waals surface area contributed by atoms with E-state index in [4.69, 9.17) is 9.47 Å². The molecule has 0 unspecified atom stereocenters. The maximum absolute atomic E-state index is 12.8. The number of ether oxygens (including phenoxy) is 2. The molecule has 0 atom stereocenters. The van der Waals surface area contributed by atoms with E-state index in [0.717, 1.165) is 11.3 Å². The van der Waals surface area contributed by atoms with E-state index in [1.54, 1.807) is 23.1 Å². The van der Waals surface area contributed by atoms with Crippen LogP contribution in [-0.2, 0) is 14.3 Å². The Hall–Kier alpha value is -2.85. The molecule has 0 N–H and O–H groups in total. The third kappa shape index (κ3) is 4.29. The molecule has 2 aliphatic rings. The summed E-state index contributed by atoms with van der Waals surface area (Å²) >= 11 is 0. The van der Waals surface area contributed by atoms with Gasteiger partial charge in [0.25, 0.3) is 0 Å². The molecule has 7 heteroatoms. The summed E-state index contributed by atoms with van der Waals surface area (Å²) in [7, 11) is 0. The lowest BCUT2D eigenvalue weighted by Gasteiger charge is -2.39. The number of hydrogen-bond acceptors (Lipinski definition) is 6. The van der Waals surface area contributed by atoms with Crippen molar-refractivity contribution in [1.82, 2.24) is 9.80 Å². The first kappa shape index (κ1) is 18.9. The van der Waals surface area contributed by atoms with Crippen molar-refractivity contribution in [2.24, 2.45) is 0 Å². The van der Waals surface area contributed by atoms with E-state index in [0.29, 0.717) is 30.9 Å². The Labute approximate surface area is 158 Å². The zero-order chi connectivity index (χ0) is 19.6. The lowest BCUT2D eigenvalue weighted by molar-refractivity contribution is -0.141. The highest BCUT2D eigenvalue weighted by atomic mass is 16.5. The van der Waals surface area contributed by atoms with Crippen LogP contribution in [0.25, 0.3) is 5.70 Å². The van der Waals surface area contributed by atoms with Crippen molar-refractivity contribution in [2.75, 3.05) is 32.8 Å². The van der Waals surface area contributed by atoms with E-state index in [2.05, 4.69) is 6.07 Å². The first-order valence-electron chi connectivity index (χ1n) is 8.91. The molecule has 0 spiro atoms. The molecule has 3 rings (SSSR count). The average Bonchev–Trinajstić information content (AvgIpc) is 2.60. The topological polar surface area (TPSA) is 82.9 Å². The normalized spacial score (nSPS) is 18.8. The van der Waals surface area contributed by atoms with Crippen LogP contribution in [0, 0.1) is 11.3 Å². The standard InChI is InChI=1S/C20H23N3O4/c1-14(24)26-9-8-22-6-7-23(19(25)13-22)17-11-20(2,3)27-18-5-4-15(12-21)10-16(17)18/h4-5,10-11H,6-9,13H2,1-3H3. The molecule has 0 aromatic heterocycles. The Morgan fingerprint density at radius 1 is 1.37 bits per heavy atom. The number of nitrogens with zero attached hydrogens (tertiary/aromatic N) is 3. The fourth-order valence-corrected chi connectivity index (χ4v) is 3.32. The van der Waals surface area contributed by atoms with Crippen LogP contribution in [-0.4, -0.2) is 60.1 Å². The second-order valence-electron chi connectivity index (χ2n) is 7.22. The summed E-state index contributed by atoms with van der Waals surface area (Å²) in [5.74, 6) is 0.322. The second kappa shape index (κ2) is 7.41. The van der Waals surface area contributed by atoms with Gasteiger partial charge in [0.2, 0.25) is 5.91 Å². The predicted molar refractivity (Wildman–Crippen MR) is 98.6 cm³/mol. The third-order valence-corrected chi connectivity index (χ3v) is 4.55. The number of carbonyl (C=O) groups is 2. The first-order valence-corrected chi connectivity index (χ1v) is 8.91. The van der Waals surface area contributed by atoms with Gasteiger partial charge < -0.3 is 14.4 Å². The van der Waals surface area contributed by atoms with Gasteiger partial charge in [0.1, 0.15) is 18.0 Å². The van der Waals surface area contributed by atoms with Gasteiger partial charge in [-0.05, 0) is 38.1 Å². The quantitative estimate of drug-likeness (QED) is 0.753. The maximum Gasteiger partial charge on any atom is 0.302 e. The number of hydrogen-bond donors (Lipinski definition) is 0. The van der Waals surface area contributed by atoms with Gasteiger partial charge in [-0.1, -0.05) is 0 Å². The Morgan fingerprint density at radius 2 is 2.15 bits per heavy atom. The summed E-state index contributed by atoms with van der Waals surface area (Å²) in [5.41, 5.74) is 1.51. The molecule has 7 nitrogen and oxygen atoms in total. The highest BCUT2D eigenvalue weighted by Crippen LogP contribution is 2.38.